The maximum absolute atomic E-state index is 4.85. The fourth-order valence-corrected chi connectivity index (χ4v) is 3.25. The fraction of sp³-hybridized carbons (Fsp3) is 0.706. The molecule has 0 saturated heterocycles. The largest absolute Gasteiger partial charge is 0.356 e. The molecule has 1 fully saturated rings. The van der Waals surface area contributed by atoms with E-state index in [-0.39, 0.29) is 0 Å². The third-order valence-electron chi connectivity index (χ3n) is 4.46. The topological polar surface area (TPSA) is 28.2 Å². The number of nitrogens with one attached hydrogen (secondary N) is 1. The zero-order valence-corrected chi connectivity index (χ0v) is 13.5. The first kappa shape index (κ1) is 15.3. The summed E-state index contributed by atoms with van der Waals surface area (Å²) in [7, 11) is 2.23. The van der Waals surface area contributed by atoms with Crippen LogP contribution in [0.1, 0.15) is 55.8 Å². The summed E-state index contributed by atoms with van der Waals surface area (Å²) in [6, 6.07) is 2.86. The van der Waals surface area contributed by atoms with Crippen molar-refractivity contribution >= 4 is 5.82 Å². The summed E-state index contributed by atoms with van der Waals surface area (Å²) in [5.74, 6) is 1.19. The molecule has 0 unspecified atom stereocenters. The standard InChI is InChI=1S/C17H29N3/c1-5-18-12-16-13(2)11-14(3)19-17(16)20(4)15-9-7-6-8-10-15/h11,15,18H,5-10,12H2,1-4H3. The predicted molar refractivity (Wildman–Crippen MR) is 86.4 cm³/mol. The number of pyridine rings is 1. The van der Waals surface area contributed by atoms with E-state index in [2.05, 4.69) is 44.1 Å². The van der Waals surface area contributed by atoms with Gasteiger partial charge in [-0.15, -0.1) is 0 Å². The van der Waals surface area contributed by atoms with Gasteiger partial charge in [0.15, 0.2) is 0 Å². The number of hydrogen-bond acceptors (Lipinski definition) is 3. The van der Waals surface area contributed by atoms with Crippen LogP contribution < -0.4 is 10.2 Å². The minimum Gasteiger partial charge on any atom is -0.356 e. The average Bonchev–Trinajstić information content (AvgIpc) is 2.46. The van der Waals surface area contributed by atoms with Crippen LogP contribution in [0.15, 0.2) is 6.07 Å². The Kier molecular flexibility index (Phi) is 5.41. The Morgan fingerprint density at radius 2 is 1.95 bits per heavy atom. The van der Waals surface area contributed by atoms with E-state index in [0.29, 0.717) is 6.04 Å². The van der Waals surface area contributed by atoms with Gasteiger partial charge >= 0.3 is 0 Å². The molecule has 0 spiro atoms. The molecule has 1 saturated carbocycles. The van der Waals surface area contributed by atoms with E-state index in [0.717, 1.165) is 18.8 Å². The summed E-state index contributed by atoms with van der Waals surface area (Å²) in [5.41, 5.74) is 3.85. The van der Waals surface area contributed by atoms with Gasteiger partial charge in [-0.25, -0.2) is 4.98 Å². The van der Waals surface area contributed by atoms with Crippen molar-refractivity contribution < 1.29 is 0 Å². The Balaban J connectivity index is 2.27. The summed E-state index contributed by atoms with van der Waals surface area (Å²) in [5, 5.41) is 3.46. The van der Waals surface area contributed by atoms with Gasteiger partial charge in [0.05, 0.1) is 0 Å². The second-order valence-corrected chi connectivity index (χ2v) is 6.07. The molecule has 1 aliphatic carbocycles. The van der Waals surface area contributed by atoms with Gasteiger partial charge in [-0.3, -0.25) is 0 Å². The van der Waals surface area contributed by atoms with Crippen LogP contribution in [0.4, 0.5) is 5.82 Å². The quantitative estimate of drug-likeness (QED) is 0.890. The van der Waals surface area contributed by atoms with Gasteiger partial charge in [-0.05, 0) is 44.9 Å². The minimum atomic E-state index is 0.665. The van der Waals surface area contributed by atoms with Gasteiger partial charge in [-0.2, -0.15) is 0 Å². The molecule has 2 rings (SSSR count). The van der Waals surface area contributed by atoms with Crippen LogP contribution in [0.3, 0.4) is 0 Å². The van der Waals surface area contributed by atoms with Crippen LogP contribution in [0.25, 0.3) is 0 Å². The smallest absolute Gasteiger partial charge is 0.133 e. The molecule has 112 valence electrons. The van der Waals surface area contributed by atoms with E-state index in [1.54, 1.807) is 0 Å². The highest BCUT2D eigenvalue weighted by Crippen LogP contribution is 2.29. The lowest BCUT2D eigenvalue weighted by Gasteiger charge is -2.34. The maximum Gasteiger partial charge on any atom is 0.133 e. The summed E-state index contributed by atoms with van der Waals surface area (Å²) in [4.78, 5) is 7.28. The number of aromatic nitrogens is 1. The molecular weight excluding hydrogens is 246 g/mol. The Hall–Kier alpha value is -1.09. The van der Waals surface area contributed by atoms with Crippen LogP contribution in [0.5, 0.6) is 0 Å². The molecular formula is C17H29N3. The first-order valence-corrected chi connectivity index (χ1v) is 8.04. The number of nitrogens with zero attached hydrogens (tertiary/aromatic N) is 2. The lowest BCUT2D eigenvalue weighted by atomic mass is 9.94. The Bertz CT molecular complexity index is 436. The Labute approximate surface area is 123 Å². The van der Waals surface area contributed by atoms with Crippen molar-refractivity contribution in [3.05, 3.63) is 22.9 Å². The van der Waals surface area contributed by atoms with E-state index in [1.165, 1.54) is 49.0 Å². The molecule has 20 heavy (non-hydrogen) atoms. The van der Waals surface area contributed by atoms with Crippen molar-refractivity contribution in [2.45, 2.75) is 65.5 Å². The van der Waals surface area contributed by atoms with Crippen LogP contribution in [-0.2, 0) is 6.54 Å². The highest BCUT2D eigenvalue weighted by molar-refractivity contribution is 5.52. The molecule has 0 aromatic carbocycles. The zero-order valence-electron chi connectivity index (χ0n) is 13.5. The van der Waals surface area contributed by atoms with Crippen molar-refractivity contribution in [2.75, 3.05) is 18.5 Å². The van der Waals surface area contributed by atoms with Crippen molar-refractivity contribution in [1.29, 1.82) is 0 Å². The Morgan fingerprint density at radius 1 is 1.25 bits per heavy atom. The molecule has 0 bridgehead atoms. The molecule has 0 amide bonds. The van der Waals surface area contributed by atoms with Crippen LogP contribution in [0, 0.1) is 13.8 Å². The fourth-order valence-electron chi connectivity index (χ4n) is 3.25. The van der Waals surface area contributed by atoms with Gasteiger partial charge in [-0.1, -0.05) is 26.2 Å². The number of anilines is 1. The van der Waals surface area contributed by atoms with Crippen LogP contribution in [0.2, 0.25) is 0 Å². The SMILES string of the molecule is CCNCc1c(C)cc(C)nc1N(C)C1CCCCC1. The van der Waals surface area contributed by atoms with E-state index in [1.807, 2.05) is 0 Å². The van der Waals surface area contributed by atoms with Gasteiger partial charge in [0.25, 0.3) is 0 Å². The third-order valence-corrected chi connectivity index (χ3v) is 4.46. The Morgan fingerprint density at radius 3 is 2.60 bits per heavy atom. The van der Waals surface area contributed by atoms with Gasteiger partial charge < -0.3 is 10.2 Å². The van der Waals surface area contributed by atoms with Crippen LogP contribution >= 0.6 is 0 Å². The minimum absolute atomic E-state index is 0.665. The number of rotatable bonds is 5. The van der Waals surface area contributed by atoms with Crippen molar-refractivity contribution in [1.82, 2.24) is 10.3 Å². The number of hydrogen-bond donors (Lipinski definition) is 1. The van der Waals surface area contributed by atoms with E-state index in [9.17, 15) is 0 Å². The molecule has 1 heterocycles. The molecule has 1 aromatic rings. The molecule has 1 aliphatic rings. The molecule has 1 N–H and O–H groups in total. The lowest BCUT2D eigenvalue weighted by molar-refractivity contribution is 0.425. The van der Waals surface area contributed by atoms with Gasteiger partial charge in [0.1, 0.15) is 5.82 Å². The molecule has 0 atom stereocenters. The summed E-state index contributed by atoms with van der Waals surface area (Å²) >= 11 is 0. The normalized spacial score (nSPS) is 16.4. The first-order valence-electron chi connectivity index (χ1n) is 8.04. The van der Waals surface area contributed by atoms with Crippen molar-refractivity contribution in [3.8, 4) is 0 Å². The number of aryl methyl sites for hydroxylation is 2. The second kappa shape index (κ2) is 7.07. The second-order valence-electron chi connectivity index (χ2n) is 6.07. The van der Waals surface area contributed by atoms with E-state index < -0.39 is 0 Å². The summed E-state index contributed by atoms with van der Waals surface area (Å²) in [6.07, 6.45) is 6.75. The average molecular weight is 275 g/mol. The van der Waals surface area contributed by atoms with Crippen molar-refractivity contribution in [2.24, 2.45) is 0 Å². The molecule has 3 heteroatoms. The van der Waals surface area contributed by atoms with Crippen molar-refractivity contribution in [3.63, 3.8) is 0 Å². The third kappa shape index (κ3) is 3.51. The van der Waals surface area contributed by atoms with E-state index in [4.69, 9.17) is 4.98 Å². The molecule has 3 nitrogen and oxygen atoms in total. The monoisotopic (exact) mass is 275 g/mol. The maximum atomic E-state index is 4.85. The molecule has 0 aliphatic heterocycles. The first-order chi connectivity index (χ1) is 9.63. The highest BCUT2D eigenvalue weighted by atomic mass is 15.2. The zero-order chi connectivity index (χ0) is 14.5. The highest BCUT2D eigenvalue weighted by Gasteiger charge is 2.22. The summed E-state index contributed by atoms with van der Waals surface area (Å²) < 4.78 is 0. The van der Waals surface area contributed by atoms with E-state index >= 15 is 0 Å². The lowest BCUT2D eigenvalue weighted by Crippen LogP contribution is -2.35. The van der Waals surface area contributed by atoms with Crippen LogP contribution in [-0.4, -0.2) is 24.6 Å². The molecule has 1 aromatic heterocycles. The molecule has 0 radical (unpaired) electrons. The summed E-state index contributed by atoms with van der Waals surface area (Å²) in [6.45, 7) is 8.38. The van der Waals surface area contributed by atoms with Gasteiger partial charge in [0.2, 0.25) is 0 Å². The predicted octanol–water partition coefficient (Wildman–Crippen LogP) is 3.58. The van der Waals surface area contributed by atoms with Gasteiger partial charge in [0, 0.05) is 30.9 Å².